The smallest absolute Gasteiger partial charge is 0.249 e. The molecule has 0 unspecified atom stereocenters. The monoisotopic (exact) mass is 520 g/mol. The summed E-state index contributed by atoms with van der Waals surface area (Å²) in [5.74, 6) is 0.0603. The third kappa shape index (κ3) is 6.06. The van der Waals surface area contributed by atoms with Crippen LogP contribution in [0, 0.1) is 5.92 Å². The summed E-state index contributed by atoms with van der Waals surface area (Å²) in [5.41, 5.74) is 2.27. The topological polar surface area (TPSA) is 102 Å². The first-order chi connectivity index (χ1) is 17.9. The number of carbonyl (C=O) groups excluding carboxylic acids is 2. The molecule has 10 heteroatoms. The maximum atomic E-state index is 14.1. The molecule has 0 fully saturated rings. The number of para-hydroxylation sites is 1. The molecule has 1 atom stereocenters. The lowest BCUT2D eigenvalue weighted by Gasteiger charge is -2.32. The fraction of sp³-hybridized carbons (Fsp3) is 0.296. The van der Waals surface area contributed by atoms with E-state index in [1.807, 2.05) is 24.3 Å². The molecule has 0 aliphatic carbocycles. The Morgan fingerprint density at radius 3 is 2.68 bits per heavy atom. The van der Waals surface area contributed by atoms with Crippen LogP contribution in [0.25, 0.3) is 11.0 Å². The summed E-state index contributed by atoms with van der Waals surface area (Å²) in [7, 11) is 1.50. The summed E-state index contributed by atoms with van der Waals surface area (Å²) < 4.78 is 7.09. The molecule has 0 radical (unpaired) electrons. The SMILES string of the molecule is COc1ccc(Cl)cc1N(C(=O)Cn1nnc2ccccc21)[C@@H](C(=O)NCCC(C)C)c1cccnc1. The Balaban J connectivity index is 1.81. The van der Waals surface area contributed by atoms with Gasteiger partial charge in [0.25, 0.3) is 0 Å². The van der Waals surface area contributed by atoms with Crippen molar-refractivity contribution in [3.8, 4) is 5.75 Å². The van der Waals surface area contributed by atoms with Gasteiger partial charge in [-0.2, -0.15) is 0 Å². The number of amides is 2. The number of hydrogen-bond acceptors (Lipinski definition) is 6. The van der Waals surface area contributed by atoms with Crippen LogP contribution in [0.5, 0.6) is 5.75 Å². The highest BCUT2D eigenvalue weighted by atomic mass is 35.5. The molecule has 4 rings (SSSR count). The van der Waals surface area contributed by atoms with Crippen molar-refractivity contribution in [2.24, 2.45) is 5.92 Å². The van der Waals surface area contributed by atoms with E-state index in [4.69, 9.17) is 16.3 Å². The highest BCUT2D eigenvalue weighted by molar-refractivity contribution is 6.31. The van der Waals surface area contributed by atoms with Crippen molar-refractivity contribution in [1.82, 2.24) is 25.3 Å². The normalized spacial score (nSPS) is 11.9. The molecule has 2 aromatic heterocycles. The predicted octanol–water partition coefficient (Wildman–Crippen LogP) is 4.43. The van der Waals surface area contributed by atoms with E-state index < -0.39 is 11.9 Å². The van der Waals surface area contributed by atoms with Gasteiger partial charge < -0.3 is 10.1 Å². The molecular formula is C27H29ClN6O3. The lowest BCUT2D eigenvalue weighted by Crippen LogP contribution is -2.45. The molecule has 4 aromatic rings. The molecule has 0 aliphatic heterocycles. The van der Waals surface area contributed by atoms with Crippen molar-refractivity contribution in [3.05, 3.63) is 77.6 Å². The second-order valence-electron chi connectivity index (χ2n) is 8.98. The number of rotatable bonds is 10. The quantitative estimate of drug-likeness (QED) is 0.332. The molecule has 2 aromatic carbocycles. The number of pyridine rings is 1. The number of halogens is 1. The summed E-state index contributed by atoms with van der Waals surface area (Å²) in [6.45, 7) is 4.47. The Bertz CT molecular complexity index is 1380. The fourth-order valence-electron chi connectivity index (χ4n) is 4.04. The van der Waals surface area contributed by atoms with E-state index in [1.165, 1.54) is 16.7 Å². The summed E-state index contributed by atoms with van der Waals surface area (Å²) in [6.07, 6.45) is 3.99. The van der Waals surface area contributed by atoms with Crippen LogP contribution in [0.2, 0.25) is 5.02 Å². The lowest BCUT2D eigenvalue weighted by atomic mass is 10.0. The third-order valence-corrected chi connectivity index (χ3v) is 6.14. The van der Waals surface area contributed by atoms with Crippen LogP contribution >= 0.6 is 11.6 Å². The van der Waals surface area contributed by atoms with Crippen molar-refractivity contribution in [1.29, 1.82) is 0 Å². The molecular weight excluding hydrogens is 492 g/mol. The minimum absolute atomic E-state index is 0.160. The van der Waals surface area contributed by atoms with Gasteiger partial charge in [0, 0.05) is 29.5 Å². The molecule has 1 N–H and O–H groups in total. The Labute approximate surface area is 220 Å². The van der Waals surface area contributed by atoms with Gasteiger partial charge in [-0.25, -0.2) is 4.68 Å². The van der Waals surface area contributed by atoms with Crippen LogP contribution in [0.15, 0.2) is 67.0 Å². The number of hydrogen-bond donors (Lipinski definition) is 1. The highest BCUT2D eigenvalue weighted by Crippen LogP contribution is 2.37. The number of fused-ring (bicyclic) bond motifs is 1. The van der Waals surface area contributed by atoms with Gasteiger partial charge in [0.15, 0.2) is 0 Å². The minimum Gasteiger partial charge on any atom is -0.495 e. The van der Waals surface area contributed by atoms with Crippen molar-refractivity contribution in [2.45, 2.75) is 32.9 Å². The van der Waals surface area contributed by atoms with Crippen molar-refractivity contribution >= 4 is 40.1 Å². The largest absolute Gasteiger partial charge is 0.495 e. The number of aromatic nitrogens is 4. The van der Waals surface area contributed by atoms with Gasteiger partial charge in [-0.15, -0.1) is 5.10 Å². The van der Waals surface area contributed by atoms with Gasteiger partial charge in [0.05, 0.1) is 18.3 Å². The number of nitrogens with one attached hydrogen (secondary N) is 1. The van der Waals surface area contributed by atoms with Crippen LogP contribution in [0.3, 0.4) is 0 Å². The van der Waals surface area contributed by atoms with E-state index in [2.05, 4.69) is 34.5 Å². The Kier molecular flexibility index (Phi) is 8.35. The maximum absolute atomic E-state index is 14.1. The average Bonchev–Trinajstić information content (AvgIpc) is 3.30. The van der Waals surface area contributed by atoms with E-state index in [0.29, 0.717) is 45.5 Å². The summed E-state index contributed by atoms with van der Waals surface area (Å²) in [5, 5.41) is 11.7. The molecule has 0 saturated heterocycles. The minimum atomic E-state index is -1.03. The van der Waals surface area contributed by atoms with Gasteiger partial charge in [0.2, 0.25) is 11.8 Å². The summed E-state index contributed by atoms with van der Waals surface area (Å²) >= 11 is 6.36. The number of ether oxygens (including phenoxy) is 1. The van der Waals surface area contributed by atoms with Crippen molar-refractivity contribution < 1.29 is 14.3 Å². The molecule has 0 saturated carbocycles. The number of nitrogens with zero attached hydrogens (tertiary/aromatic N) is 5. The molecule has 192 valence electrons. The standard InChI is InChI=1S/C27H29ClN6O3/c1-18(2)12-14-30-27(36)26(19-7-6-13-29-16-19)34(23-15-20(28)10-11-24(23)37-3)25(35)17-33-22-9-5-4-8-21(22)31-32-33/h4-11,13,15-16,18,26H,12,14,17H2,1-3H3,(H,30,36)/t26-/m1/s1. The summed E-state index contributed by atoms with van der Waals surface area (Å²) in [6, 6.07) is 14.8. The third-order valence-electron chi connectivity index (χ3n) is 5.90. The molecule has 37 heavy (non-hydrogen) atoms. The van der Waals surface area contributed by atoms with Crippen LogP contribution in [-0.4, -0.2) is 45.4 Å². The molecule has 0 aliphatic rings. The highest BCUT2D eigenvalue weighted by Gasteiger charge is 2.35. The Hall–Kier alpha value is -3.98. The molecule has 2 heterocycles. The van der Waals surface area contributed by atoms with Crippen LogP contribution in [0.1, 0.15) is 31.9 Å². The van der Waals surface area contributed by atoms with Gasteiger partial charge >= 0.3 is 0 Å². The number of methoxy groups -OCH3 is 1. The van der Waals surface area contributed by atoms with Gasteiger partial charge in [-0.3, -0.25) is 19.5 Å². The second kappa shape index (κ2) is 11.8. The zero-order chi connectivity index (χ0) is 26.4. The van der Waals surface area contributed by atoms with Crippen LogP contribution in [0.4, 0.5) is 5.69 Å². The molecule has 0 spiro atoms. The zero-order valence-corrected chi connectivity index (χ0v) is 21.7. The average molecular weight is 521 g/mol. The molecule has 2 amide bonds. The van der Waals surface area contributed by atoms with Gasteiger partial charge in [-0.05, 0) is 48.7 Å². The lowest BCUT2D eigenvalue weighted by molar-refractivity contribution is -0.127. The van der Waals surface area contributed by atoms with Crippen molar-refractivity contribution in [2.75, 3.05) is 18.6 Å². The van der Waals surface area contributed by atoms with Crippen molar-refractivity contribution in [3.63, 3.8) is 0 Å². The van der Waals surface area contributed by atoms with E-state index >= 15 is 0 Å². The Morgan fingerprint density at radius 2 is 1.95 bits per heavy atom. The zero-order valence-electron chi connectivity index (χ0n) is 21.0. The summed E-state index contributed by atoms with van der Waals surface area (Å²) in [4.78, 5) is 33.4. The number of benzene rings is 2. The van der Waals surface area contributed by atoms with E-state index in [0.717, 1.165) is 6.42 Å². The molecule has 9 nitrogen and oxygen atoms in total. The van der Waals surface area contributed by atoms with Crippen LogP contribution < -0.4 is 15.0 Å². The fourth-order valence-corrected chi connectivity index (χ4v) is 4.21. The number of carbonyl (C=O) groups is 2. The van der Waals surface area contributed by atoms with Gasteiger partial charge in [-0.1, -0.05) is 48.9 Å². The van der Waals surface area contributed by atoms with E-state index in [-0.39, 0.29) is 12.5 Å². The first-order valence-corrected chi connectivity index (χ1v) is 12.4. The first kappa shape index (κ1) is 26.1. The Morgan fingerprint density at radius 1 is 1.14 bits per heavy atom. The maximum Gasteiger partial charge on any atom is 0.249 e. The molecule has 0 bridgehead atoms. The van der Waals surface area contributed by atoms with Gasteiger partial charge in [0.1, 0.15) is 23.9 Å². The number of anilines is 1. The predicted molar refractivity (Wildman–Crippen MR) is 142 cm³/mol. The van der Waals surface area contributed by atoms with E-state index in [9.17, 15) is 9.59 Å². The van der Waals surface area contributed by atoms with E-state index in [1.54, 1.807) is 42.7 Å². The van der Waals surface area contributed by atoms with Crippen LogP contribution in [-0.2, 0) is 16.1 Å². The first-order valence-electron chi connectivity index (χ1n) is 12.0. The second-order valence-corrected chi connectivity index (χ2v) is 9.41.